The molecule has 1 amide bonds. The van der Waals surface area contributed by atoms with Crippen LogP contribution >= 0.6 is 15.9 Å². The summed E-state index contributed by atoms with van der Waals surface area (Å²) in [5, 5.41) is 0. The SMILES string of the molecule is CCOc1ccc(CN(C)C(=O)c2ccc(Br)cc2C)cc1. The maximum atomic E-state index is 12.5. The highest BCUT2D eigenvalue weighted by Gasteiger charge is 2.14. The van der Waals surface area contributed by atoms with Gasteiger partial charge in [-0.25, -0.2) is 0 Å². The van der Waals surface area contributed by atoms with Crippen LogP contribution in [0.3, 0.4) is 0 Å². The summed E-state index contributed by atoms with van der Waals surface area (Å²) in [4.78, 5) is 14.3. The Morgan fingerprint density at radius 2 is 1.86 bits per heavy atom. The van der Waals surface area contributed by atoms with Gasteiger partial charge in [0.05, 0.1) is 6.61 Å². The molecule has 22 heavy (non-hydrogen) atoms. The lowest BCUT2D eigenvalue weighted by atomic mass is 10.1. The Labute approximate surface area is 140 Å². The molecule has 0 atom stereocenters. The summed E-state index contributed by atoms with van der Waals surface area (Å²) in [7, 11) is 1.82. The summed E-state index contributed by atoms with van der Waals surface area (Å²) in [6.45, 7) is 5.13. The van der Waals surface area contributed by atoms with Gasteiger partial charge in [0.25, 0.3) is 5.91 Å². The van der Waals surface area contributed by atoms with Gasteiger partial charge in [0.2, 0.25) is 0 Å². The van der Waals surface area contributed by atoms with Crippen LogP contribution in [0.5, 0.6) is 5.75 Å². The van der Waals surface area contributed by atoms with Gasteiger partial charge < -0.3 is 9.64 Å². The minimum absolute atomic E-state index is 0.0267. The summed E-state index contributed by atoms with van der Waals surface area (Å²) in [5.74, 6) is 0.878. The monoisotopic (exact) mass is 361 g/mol. The van der Waals surface area contributed by atoms with E-state index < -0.39 is 0 Å². The van der Waals surface area contributed by atoms with Crippen LogP contribution in [0.4, 0.5) is 0 Å². The fraction of sp³-hybridized carbons (Fsp3) is 0.278. The van der Waals surface area contributed by atoms with E-state index in [4.69, 9.17) is 4.74 Å². The number of ether oxygens (including phenoxy) is 1. The van der Waals surface area contributed by atoms with Crippen LogP contribution in [0.15, 0.2) is 46.9 Å². The first-order valence-electron chi connectivity index (χ1n) is 7.24. The molecule has 0 fully saturated rings. The molecule has 0 aliphatic heterocycles. The van der Waals surface area contributed by atoms with Crippen molar-refractivity contribution in [2.75, 3.05) is 13.7 Å². The van der Waals surface area contributed by atoms with Gasteiger partial charge in [-0.15, -0.1) is 0 Å². The highest BCUT2D eigenvalue weighted by molar-refractivity contribution is 9.10. The molecule has 0 saturated carbocycles. The molecular weight excluding hydrogens is 342 g/mol. The Kier molecular flexibility index (Phi) is 5.61. The van der Waals surface area contributed by atoms with Gasteiger partial charge in [-0.2, -0.15) is 0 Å². The van der Waals surface area contributed by atoms with E-state index in [0.717, 1.165) is 26.9 Å². The number of halogens is 1. The first-order chi connectivity index (χ1) is 10.5. The molecule has 0 N–H and O–H groups in total. The Hall–Kier alpha value is -1.81. The molecule has 0 aliphatic carbocycles. The summed E-state index contributed by atoms with van der Waals surface area (Å²) >= 11 is 3.42. The predicted octanol–water partition coefficient (Wildman–Crippen LogP) is 4.43. The highest BCUT2D eigenvalue weighted by atomic mass is 79.9. The molecule has 0 aliphatic rings. The summed E-state index contributed by atoms with van der Waals surface area (Å²) in [6, 6.07) is 13.6. The number of benzene rings is 2. The number of carbonyl (C=O) groups excluding carboxylic acids is 1. The van der Waals surface area contributed by atoms with Gasteiger partial charge >= 0.3 is 0 Å². The van der Waals surface area contributed by atoms with Gasteiger partial charge in [0, 0.05) is 23.6 Å². The summed E-state index contributed by atoms with van der Waals surface area (Å²) in [6.07, 6.45) is 0. The second-order valence-corrected chi connectivity index (χ2v) is 6.11. The molecule has 2 aromatic carbocycles. The largest absolute Gasteiger partial charge is 0.494 e. The minimum atomic E-state index is 0.0267. The molecule has 0 aromatic heterocycles. The van der Waals surface area contributed by atoms with E-state index in [1.807, 2.05) is 63.4 Å². The summed E-state index contributed by atoms with van der Waals surface area (Å²) < 4.78 is 6.41. The second-order valence-electron chi connectivity index (χ2n) is 5.20. The normalized spacial score (nSPS) is 10.4. The van der Waals surface area contributed by atoms with Gasteiger partial charge in [-0.1, -0.05) is 28.1 Å². The maximum absolute atomic E-state index is 12.5. The molecule has 0 saturated heterocycles. The molecule has 0 bridgehead atoms. The lowest BCUT2D eigenvalue weighted by Crippen LogP contribution is -2.26. The van der Waals surface area contributed by atoms with E-state index in [0.29, 0.717) is 13.2 Å². The Morgan fingerprint density at radius 1 is 1.18 bits per heavy atom. The van der Waals surface area contributed by atoms with Crippen LogP contribution < -0.4 is 4.74 Å². The smallest absolute Gasteiger partial charge is 0.254 e. The van der Waals surface area contributed by atoms with Crippen molar-refractivity contribution in [2.45, 2.75) is 20.4 Å². The maximum Gasteiger partial charge on any atom is 0.254 e. The zero-order chi connectivity index (χ0) is 16.1. The number of nitrogens with zero attached hydrogens (tertiary/aromatic N) is 1. The Bertz CT molecular complexity index is 653. The first-order valence-corrected chi connectivity index (χ1v) is 8.04. The van der Waals surface area contributed by atoms with E-state index in [2.05, 4.69) is 15.9 Å². The fourth-order valence-corrected chi connectivity index (χ4v) is 2.75. The van der Waals surface area contributed by atoms with Crippen LogP contribution in [-0.2, 0) is 6.54 Å². The topological polar surface area (TPSA) is 29.5 Å². The third-order valence-electron chi connectivity index (χ3n) is 3.42. The van der Waals surface area contributed by atoms with Crippen LogP contribution in [0.2, 0.25) is 0 Å². The molecule has 4 heteroatoms. The van der Waals surface area contributed by atoms with Crippen molar-refractivity contribution in [3.63, 3.8) is 0 Å². The van der Waals surface area contributed by atoms with Crippen molar-refractivity contribution >= 4 is 21.8 Å². The van der Waals surface area contributed by atoms with Gasteiger partial charge in [0.15, 0.2) is 0 Å². The number of aryl methyl sites for hydroxylation is 1. The Balaban J connectivity index is 2.07. The molecular formula is C18H20BrNO2. The standard InChI is InChI=1S/C18H20BrNO2/c1-4-22-16-8-5-14(6-9-16)12-20(3)18(21)17-10-7-15(19)11-13(17)2/h5-11H,4,12H2,1-3H3. The number of hydrogen-bond donors (Lipinski definition) is 0. The molecule has 2 rings (SSSR count). The fourth-order valence-electron chi connectivity index (χ4n) is 2.28. The zero-order valence-corrected chi connectivity index (χ0v) is 14.7. The van der Waals surface area contributed by atoms with Crippen LogP contribution in [-0.4, -0.2) is 24.5 Å². The van der Waals surface area contributed by atoms with Gasteiger partial charge in [-0.05, 0) is 55.3 Å². The number of carbonyl (C=O) groups is 1. The molecule has 0 radical (unpaired) electrons. The molecule has 0 spiro atoms. The van der Waals surface area contributed by atoms with Crippen molar-refractivity contribution in [1.29, 1.82) is 0 Å². The molecule has 3 nitrogen and oxygen atoms in total. The van der Waals surface area contributed by atoms with Crippen molar-refractivity contribution in [3.8, 4) is 5.75 Å². The van der Waals surface area contributed by atoms with E-state index in [9.17, 15) is 4.79 Å². The van der Waals surface area contributed by atoms with Crippen LogP contribution in [0.25, 0.3) is 0 Å². The number of hydrogen-bond acceptors (Lipinski definition) is 2. The van der Waals surface area contributed by atoms with Crippen LogP contribution in [0.1, 0.15) is 28.4 Å². The average molecular weight is 362 g/mol. The van der Waals surface area contributed by atoms with Crippen molar-refractivity contribution in [3.05, 3.63) is 63.6 Å². The zero-order valence-electron chi connectivity index (χ0n) is 13.1. The van der Waals surface area contributed by atoms with Crippen LogP contribution in [0, 0.1) is 6.92 Å². The van der Waals surface area contributed by atoms with E-state index in [1.165, 1.54) is 0 Å². The van der Waals surface area contributed by atoms with E-state index >= 15 is 0 Å². The molecule has 0 heterocycles. The molecule has 116 valence electrons. The third-order valence-corrected chi connectivity index (χ3v) is 3.91. The minimum Gasteiger partial charge on any atom is -0.494 e. The van der Waals surface area contributed by atoms with Gasteiger partial charge in [0.1, 0.15) is 5.75 Å². The second kappa shape index (κ2) is 7.45. The Morgan fingerprint density at radius 3 is 2.45 bits per heavy atom. The lowest BCUT2D eigenvalue weighted by Gasteiger charge is -2.19. The third kappa shape index (κ3) is 4.10. The quantitative estimate of drug-likeness (QED) is 0.788. The molecule has 2 aromatic rings. The average Bonchev–Trinajstić information content (AvgIpc) is 2.49. The van der Waals surface area contributed by atoms with E-state index in [1.54, 1.807) is 4.90 Å². The number of rotatable bonds is 5. The van der Waals surface area contributed by atoms with E-state index in [-0.39, 0.29) is 5.91 Å². The van der Waals surface area contributed by atoms with Gasteiger partial charge in [-0.3, -0.25) is 4.79 Å². The van der Waals surface area contributed by atoms with Crippen molar-refractivity contribution in [1.82, 2.24) is 4.90 Å². The van der Waals surface area contributed by atoms with Crippen molar-refractivity contribution in [2.24, 2.45) is 0 Å². The summed E-state index contributed by atoms with van der Waals surface area (Å²) in [5.41, 5.74) is 2.78. The molecule has 0 unspecified atom stereocenters. The highest BCUT2D eigenvalue weighted by Crippen LogP contribution is 2.18. The number of amides is 1. The predicted molar refractivity (Wildman–Crippen MR) is 92.3 cm³/mol. The first kappa shape index (κ1) is 16.6. The lowest BCUT2D eigenvalue weighted by molar-refractivity contribution is 0.0784. The van der Waals surface area contributed by atoms with Crippen molar-refractivity contribution < 1.29 is 9.53 Å².